The van der Waals surface area contributed by atoms with Crippen molar-refractivity contribution >= 4 is 0 Å². The number of ether oxygens (including phenoxy) is 1. The van der Waals surface area contributed by atoms with Crippen LogP contribution in [0, 0.1) is 0 Å². The Labute approximate surface area is 116 Å². The maximum Gasteiger partial charge on any atom is 0.119 e. The first kappa shape index (κ1) is 14.4. The lowest BCUT2D eigenvalue weighted by atomic mass is 10.1. The Bertz CT molecular complexity index is 364. The van der Waals surface area contributed by atoms with E-state index < -0.39 is 0 Å². The van der Waals surface area contributed by atoms with E-state index in [2.05, 4.69) is 36.2 Å². The second kappa shape index (κ2) is 7.51. The summed E-state index contributed by atoms with van der Waals surface area (Å²) < 4.78 is 6.09. The predicted molar refractivity (Wildman–Crippen MR) is 79.6 cm³/mol. The summed E-state index contributed by atoms with van der Waals surface area (Å²) in [6.45, 7) is 3.09. The van der Waals surface area contributed by atoms with E-state index in [0.29, 0.717) is 6.10 Å². The van der Waals surface area contributed by atoms with Crippen LogP contribution in [0.1, 0.15) is 31.2 Å². The smallest absolute Gasteiger partial charge is 0.119 e. The fourth-order valence-electron chi connectivity index (χ4n) is 2.56. The molecule has 1 saturated heterocycles. The van der Waals surface area contributed by atoms with Gasteiger partial charge in [-0.25, -0.2) is 0 Å². The highest BCUT2D eigenvalue weighted by atomic mass is 16.5. The van der Waals surface area contributed by atoms with Crippen molar-refractivity contribution < 1.29 is 4.74 Å². The highest BCUT2D eigenvalue weighted by Gasteiger charge is 2.15. The lowest BCUT2D eigenvalue weighted by molar-refractivity contribution is 0.183. The Morgan fingerprint density at radius 1 is 1.21 bits per heavy atom. The summed E-state index contributed by atoms with van der Waals surface area (Å²) >= 11 is 0. The van der Waals surface area contributed by atoms with Gasteiger partial charge in [0.05, 0.1) is 6.10 Å². The third kappa shape index (κ3) is 4.84. The van der Waals surface area contributed by atoms with Gasteiger partial charge in [0.25, 0.3) is 0 Å². The topological polar surface area (TPSA) is 38.5 Å². The zero-order chi connectivity index (χ0) is 13.5. The van der Waals surface area contributed by atoms with Crippen LogP contribution in [0.2, 0.25) is 0 Å². The number of hydrogen-bond donors (Lipinski definition) is 1. The molecule has 3 nitrogen and oxygen atoms in total. The van der Waals surface area contributed by atoms with E-state index in [1.165, 1.54) is 24.9 Å². The molecule has 106 valence electrons. The summed E-state index contributed by atoms with van der Waals surface area (Å²) in [6, 6.07) is 8.52. The predicted octanol–water partition coefficient (Wildman–Crippen LogP) is 2.44. The number of hydrogen-bond acceptors (Lipinski definition) is 3. The molecule has 1 aromatic carbocycles. The van der Waals surface area contributed by atoms with Gasteiger partial charge in [-0.1, -0.05) is 12.1 Å². The molecule has 0 spiro atoms. The van der Waals surface area contributed by atoms with Crippen molar-refractivity contribution in [3.63, 3.8) is 0 Å². The quantitative estimate of drug-likeness (QED) is 0.886. The fourth-order valence-corrected chi connectivity index (χ4v) is 2.56. The Morgan fingerprint density at radius 3 is 2.74 bits per heavy atom. The van der Waals surface area contributed by atoms with Gasteiger partial charge in [-0.2, -0.15) is 0 Å². The zero-order valence-corrected chi connectivity index (χ0v) is 12.0. The summed E-state index contributed by atoms with van der Waals surface area (Å²) in [5.41, 5.74) is 6.87. The Morgan fingerprint density at radius 2 is 2.00 bits per heavy atom. The van der Waals surface area contributed by atoms with E-state index in [4.69, 9.17) is 10.5 Å². The number of benzene rings is 1. The van der Waals surface area contributed by atoms with Gasteiger partial charge in [0.1, 0.15) is 5.75 Å². The number of aryl methyl sites for hydroxylation is 1. The Hall–Kier alpha value is -1.06. The van der Waals surface area contributed by atoms with Crippen molar-refractivity contribution in [3.05, 3.63) is 29.8 Å². The highest BCUT2D eigenvalue weighted by molar-refractivity contribution is 5.27. The molecule has 2 N–H and O–H groups in total. The molecule has 0 aromatic heterocycles. The van der Waals surface area contributed by atoms with Gasteiger partial charge in [-0.05, 0) is 69.9 Å². The fraction of sp³-hybridized carbons (Fsp3) is 0.625. The molecule has 3 heteroatoms. The molecule has 0 aliphatic carbocycles. The molecule has 1 unspecified atom stereocenters. The average Bonchev–Trinajstić information content (AvgIpc) is 2.63. The second-order valence-electron chi connectivity index (χ2n) is 5.51. The first-order valence-corrected chi connectivity index (χ1v) is 7.42. The highest BCUT2D eigenvalue weighted by Crippen LogP contribution is 2.19. The largest absolute Gasteiger partial charge is 0.490 e. The zero-order valence-electron chi connectivity index (χ0n) is 12.0. The first-order chi connectivity index (χ1) is 9.28. The van der Waals surface area contributed by atoms with Gasteiger partial charge >= 0.3 is 0 Å². The normalized spacial score (nSPS) is 21.1. The number of rotatable bonds is 5. The molecule has 2 rings (SSSR count). The first-order valence-electron chi connectivity index (χ1n) is 7.42. The van der Waals surface area contributed by atoms with Gasteiger partial charge in [-0.3, -0.25) is 0 Å². The van der Waals surface area contributed by atoms with E-state index in [-0.39, 0.29) is 0 Å². The van der Waals surface area contributed by atoms with Gasteiger partial charge < -0.3 is 15.4 Å². The number of nitrogens with two attached hydrogens (primary N) is 1. The Kier molecular flexibility index (Phi) is 5.67. The second-order valence-corrected chi connectivity index (χ2v) is 5.51. The molecule has 1 atom stereocenters. The molecule has 1 aliphatic rings. The van der Waals surface area contributed by atoms with Crippen molar-refractivity contribution in [2.45, 2.75) is 38.2 Å². The van der Waals surface area contributed by atoms with Crippen molar-refractivity contribution in [1.29, 1.82) is 0 Å². The molecule has 0 amide bonds. The maximum atomic E-state index is 6.09. The van der Waals surface area contributed by atoms with Gasteiger partial charge in [0.2, 0.25) is 0 Å². The molecule has 0 saturated carbocycles. The van der Waals surface area contributed by atoms with E-state index in [9.17, 15) is 0 Å². The molecule has 0 bridgehead atoms. The third-order valence-corrected chi connectivity index (χ3v) is 3.79. The van der Waals surface area contributed by atoms with Crippen LogP contribution in [-0.2, 0) is 6.42 Å². The molecular formula is C16H26N2O. The van der Waals surface area contributed by atoms with E-state index in [1.807, 2.05) is 0 Å². The molecule has 1 fully saturated rings. The average molecular weight is 262 g/mol. The van der Waals surface area contributed by atoms with E-state index in [1.54, 1.807) is 0 Å². The summed E-state index contributed by atoms with van der Waals surface area (Å²) in [5, 5.41) is 0. The van der Waals surface area contributed by atoms with Gasteiger partial charge in [0.15, 0.2) is 0 Å². The molecule has 0 radical (unpaired) electrons. The van der Waals surface area contributed by atoms with Gasteiger partial charge in [-0.15, -0.1) is 0 Å². The molecule has 1 aromatic rings. The van der Waals surface area contributed by atoms with Crippen LogP contribution in [0.5, 0.6) is 5.75 Å². The summed E-state index contributed by atoms with van der Waals surface area (Å²) in [5.74, 6) is 1.01. The van der Waals surface area contributed by atoms with E-state index in [0.717, 1.165) is 38.1 Å². The maximum absolute atomic E-state index is 6.09. The van der Waals surface area contributed by atoms with Crippen molar-refractivity contribution in [2.75, 3.05) is 26.7 Å². The molecular weight excluding hydrogens is 236 g/mol. The lowest BCUT2D eigenvalue weighted by Gasteiger charge is -2.17. The number of likely N-dealkylation sites (tertiary alicyclic amines) is 1. The van der Waals surface area contributed by atoms with Crippen molar-refractivity contribution in [3.8, 4) is 5.75 Å². The van der Waals surface area contributed by atoms with Crippen molar-refractivity contribution in [1.82, 2.24) is 4.90 Å². The van der Waals surface area contributed by atoms with Crippen LogP contribution in [0.25, 0.3) is 0 Å². The monoisotopic (exact) mass is 262 g/mol. The minimum absolute atomic E-state index is 0.375. The minimum Gasteiger partial charge on any atom is -0.490 e. The van der Waals surface area contributed by atoms with E-state index >= 15 is 0 Å². The van der Waals surface area contributed by atoms with Crippen molar-refractivity contribution in [2.24, 2.45) is 5.73 Å². The lowest BCUT2D eigenvalue weighted by Crippen LogP contribution is -2.21. The number of nitrogens with zero attached hydrogens (tertiary/aromatic N) is 1. The Balaban J connectivity index is 1.84. The molecule has 1 aliphatic heterocycles. The summed E-state index contributed by atoms with van der Waals surface area (Å²) in [4.78, 5) is 2.39. The third-order valence-electron chi connectivity index (χ3n) is 3.79. The van der Waals surface area contributed by atoms with Gasteiger partial charge in [0, 0.05) is 6.54 Å². The standard InChI is InChI=1S/C16H26N2O/c1-18-12-3-5-15(10-13-18)19-16-8-6-14(7-9-16)4-2-11-17/h6-9,15H,2-5,10-13,17H2,1H3. The van der Waals surface area contributed by atoms with Crippen LogP contribution in [-0.4, -0.2) is 37.7 Å². The molecule has 19 heavy (non-hydrogen) atoms. The minimum atomic E-state index is 0.375. The van der Waals surface area contributed by atoms with Crippen LogP contribution < -0.4 is 10.5 Å². The van der Waals surface area contributed by atoms with Crippen LogP contribution >= 0.6 is 0 Å². The van der Waals surface area contributed by atoms with Crippen LogP contribution in [0.3, 0.4) is 0 Å². The van der Waals surface area contributed by atoms with Crippen LogP contribution in [0.4, 0.5) is 0 Å². The summed E-state index contributed by atoms with van der Waals surface area (Å²) in [6.07, 6.45) is 6.01. The molecule has 1 heterocycles. The van der Waals surface area contributed by atoms with Crippen LogP contribution in [0.15, 0.2) is 24.3 Å². The SMILES string of the molecule is CN1CCCC(Oc2ccc(CCCN)cc2)CC1. The summed E-state index contributed by atoms with van der Waals surface area (Å²) in [7, 11) is 2.19.